The lowest BCUT2D eigenvalue weighted by Gasteiger charge is -2.44. The van der Waals surface area contributed by atoms with Crippen molar-refractivity contribution >= 4 is 11.0 Å². The molecule has 2 fully saturated rings. The number of phenolic OH excluding ortho intramolecular Hbond substituents is 2. The van der Waals surface area contributed by atoms with E-state index in [9.17, 15) is 45.6 Å². The summed E-state index contributed by atoms with van der Waals surface area (Å²) < 4.78 is 28.0. The number of phenols is 2. The van der Waals surface area contributed by atoms with E-state index < -0.39 is 79.7 Å². The third-order valence-electron chi connectivity index (χ3n) is 6.76. The first-order chi connectivity index (χ1) is 19.1. The topological polar surface area (TPSA) is 229 Å². The Kier molecular flexibility index (Phi) is 7.96. The average Bonchev–Trinajstić information content (AvgIpc) is 2.92. The normalized spacial score (nSPS) is 32.7. The predicted molar refractivity (Wildman–Crippen MR) is 132 cm³/mol. The van der Waals surface area contributed by atoms with Crippen LogP contribution in [0.15, 0.2) is 51.7 Å². The maximum Gasteiger partial charge on any atom is 0.229 e. The summed E-state index contributed by atoms with van der Waals surface area (Å²) in [6, 6.07) is 9.37. The molecular weight excluding hydrogens is 536 g/mol. The molecule has 14 nitrogen and oxygen atoms in total. The van der Waals surface area contributed by atoms with E-state index in [0.29, 0.717) is 5.56 Å². The number of aliphatic hydroxyl groups is 6. The Hall–Kier alpha value is -3.31. The highest BCUT2D eigenvalue weighted by atomic mass is 16.8. The van der Waals surface area contributed by atoms with Gasteiger partial charge in [0.1, 0.15) is 70.6 Å². The molecule has 14 heteroatoms. The summed E-state index contributed by atoms with van der Waals surface area (Å²) in [5.41, 5.74) is -0.180. The SMILES string of the molecule is O=c1cc(-c2ccc(O)cc2)oc2cc(OC3OC(CO)C(O)C(O)C3OC3OCC(O)C(O)C3O)cc(O)c12. The van der Waals surface area contributed by atoms with Gasteiger partial charge in [-0.1, -0.05) is 0 Å². The van der Waals surface area contributed by atoms with E-state index in [2.05, 4.69) is 0 Å². The van der Waals surface area contributed by atoms with Crippen molar-refractivity contribution in [2.75, 3.05) is 13.2 Å². The van der Waals surface area contributed by atoms with Crippen LogP contribution in [0.3, 0.4) is 0 Å². The Morgan fingerprint density at radius 1 is 0.875 bits per heavy atom. The van der Waals surface area contributed by atoms with E-state index in [1.54, 1.807) is 0 Å². The van der Waals surface area contributed by atoms with Crippen LogP contribution in [0.25, 0.3) is 22.3 Å². The average molecular weight is 564 g/mol. The van der Waals surface area contributed by atoms with Gasteiger partial charge in [-0.25, -0.2) is 0 Å². The van der Waals surface area contributed by atoms with Gasteiger partial charge >= 0.3 is 0 Å². The fraction of sp³-hybridized carbons (Fsp3) is 0.423. The van der Waals surface area contributed by atoms with Gasteiger partial charge in [-0.15, -0.1) is 0 Å². The van der Waals surface area contributed by atoms with Crippen molar-refractivity contribution in [1.82, 2.24) is 0 Å². The number of rotatable bonds is 6. The second-order valence-electron chi connectivity index (χ2n) is 9.51. The van der Waals surface area contributed by atoms with E-state index in [-0.39, 0.29) is 28.2 Å². The first kappa shape index (κ1) is 28.2. The number of ether oxygens (including phenoxy) is 4. The van der Waals surface area contributed by atoms with Gasteiger partial charge in [-0.3, -0.25) is 4.79 Å². The van der Waals surface area contributed by atoms with Gasteiger partial charge in [0, 0.05) is 23.8 Å². The Labute approximate surface area is 225 Å². The van der Waals surface area contributed by atoms with Crippen molar-refractivity contribution in [3.05, 3.63) is 52.7 Å². The van der Waals surface area contributed by atoms with Crippen LogP contribution in [0.1, 0.15) is 0 Å². The quantitative estimate of drug-likeness (QED) is 0.171. The van der Waals surface area contributed by atoms with Crippen molar-refractivity contribution in [2.24, 2.45) is 0 Å². The predicted octanol–water partition coefficient (Wildman–Crippen LogP) is -1.49. The van der Waals surface area contributed by atoms with Crippen LogP contribution in [0.5, 0.6) is 17.2 Å². The molecular formula is C26H28O14. The second-order valence-corrected chi connectivity index (χ2v) is 9.51. The zero-order chi connectivity index (χ0) is 28.7. The Morgan fingerprint density at radius 3 is 2.30 bits per heavy atom. The molecule has 5 rings (SSSR count). The van der Waals surface area contributed by atoms with E-state index in [1.165, 1.54) is 36.4 Å². The van der Waals surface area contributed by atoms with Gasteiger partial charge in [0.15, 0.2) is 17.8 Å². The van der Waals surface area contributed by atoms with Crippen LogP contribution in [0.2, 0.25) is 0 Å². The number of aromatic hydroxyl groups is 2. The van der Waals surface area contributed by atoms with Crippen LogP contribution in [0, 0.1) is 0 Å². The molecule has 9 unspecified atom stereocenters. The maximum absolute atomic E-state index is 12.8. The van der Waals surface area contributed by atoms with Crippen LogP contribution in [-0.2, 0) is 14.2 Å². The van der Waals surface area contributed by atoms with E-state index in [0.717, 1.165) is 6.07 Å². The van der Waals surface area contributed by atoms with Gasteiger partial charge in [0.2, 0.25) is 6.29 Å². The van der Waals surface area contributed by atoms with Gasteiger partial charge in [0.25, 0.3) is 0 Å². The zero-order valence-electron chi connectivity index (χ0n) is 20.7. The maximum atomic E-state index is 12.8. The molecule has 0 amide bonds. The van der Waals surface area contributed by atoms with Crippen molar-refractivity contribution in [3.63, 3.8) is 0 Å². The minimum absolute atomic E-state index is 0.00907. The molecule has 0 aliphatic carbocycles. The molecule has 0 bridgehead atoms. The summed E-state index contributed by atoms with van der Waals surface area (Å²) in [7, 11) is 0. The standard InChI is InChI=1S/C26H28O14/c27-8-18-21(33)22(34)24(40-25-23(35)20(32)15(31)9-36-25)26(39-18)37-12-5-13(29)19-14(30)7-16(38-17(19)6-12)10-1-3-11(28)4-2-10/h1-7,15,18,20-29,31-35H,8-9H2. The van der Waals surface area contributed by atoms with Crippen LogP contribution in [0.4, 0.5) is 0 Å². The summed E-state index contributed by atoms with van der Waals surface area (Å²) in [6.07, 6.45) is -14.2. The highest BCUT2D eigenvalue weighted by molar-refractivity contribution is 5.86. The number of benzene rings is 2. The van der Waals surface area contributed by atoms with Gasteiger partial charge in [-0.2, -0.15) is 0 Å². The first-order valence-electron chi connectivity index (χ1n) is 12.3. The molecule has 216 valence electrons. The molecule has 8 N–H and O–H groups in total. The fourth-order valence-corrected chi connectivity index (χ4v) is 4.56. The monoisotopic (exact) mass is 564 g/mol. The van der Waals surface area contributed by atoms with Crippen molar-refractivity contribution in [3.8, 4) is 28.6 Å². The minimum Gasteiger partial charge on any atom is -0.508 e. The van der Waals surface area contributed by atoms with E-state index in [1.807, 2.05) is 0 Å². The molecule has 1 aromatic heterocycles. The molecule has 2 aromatic carbocycles. The van der Waals surface area contributed by atoms with Crippen LogP contribution in [-0.4, -0.2) is 109 Å². The third kappa shape index (κ3) is 5.36. The molecule has 0 spiro atoms. The van der Waals surface area contributed by atoms with Crippen LogP contribution >= 0.6 is 0 Å². The van der Waals surface area contributed by atoms with Crippen molar-refractivity contribution in [1.29, 1.82) is 0 Å². The van der Waals surface area contributed by atoms with Gasteiger partial charge in [0.05, 0.1) is 13.2 Å². The molecule has 2 saturated heterocycles. The molecule has 2 aliphatic rings. The highest BCUT2D eigenvalue weighted by Crippen LogP contribution is 2.34. The largest absolute Gasteiger partial charge is 0.508 e. The van der Waals surface area contributed by atoms with Crippen LogP contribution < -0.4 is 10.2 Å². The first-order valence-corrected chi connectivity index (χ1v) is 12.3. The van der Waals surface area contributed by atoms with Gasteiger partial charge in [-0.05, 0) is 24.3 Å². The number of aliphatic hydroxyl groups excluding tert-OH is 6. The molecule has 40 heavy (non-hydrogen) atoms. The summed E-state index contributed by atoms with van der Waals surface area (Å²) >= 11 is 0. The summed E-state index contributed by atoms with van der Waals surface area (Å²) in [5.74, 6) is -0.494. The third-order valence-corrected chi connectivity index (χ3v) is 6.76. The van der Waals surface area contributed by atoms with E-state index >= 15 is 0 Å². The van der Waals surface area contributed by atoms with Gasteiger partial charge < -0.3 is 64.2 Å². The van der Waals surface area contributed by atoms with Crippen molar-refractivity contribution < 1.29 is 64.2 Å². The molecule has 0 saturated carbocycles. The molecule has 2 aliphatic heterocycles. The summed E-state index contributed by atoms with van der Waals surface area (Å²) in [4.78, 5) is 12.8. The fourth-order valence-electron chi connectivity index (χ4n) is 4.56. The lowest BCUT2D eigenvalue weighted by atomic mass is 9.98. The molecule has 0 radical (unpaired) electrons. The Bertz CT molecular complexity index is 1390. The van der Waals surface area contributed by atoms with E-state index in [4.69, 9.17) is 23.4 Å². The lowest BCUT2D eigenvalue weighted by molar-refractivity contribution is -0.344. The number of hydrogen-bond acceptors (Lipinski definition) is 14. The smallest absolute Gasteiger partial charge is 0.229 e. The Morgan fingerprint density at radius 2 is 1.60 bits per heavy atom. The zero-order valence-corrected chi connectivity index (χ0v) is 20.7. The second kappa shape index (κ2) is 11.3. The molecule has 3 heterocycles. The molecule has 9 atom stereocenters. The molecule has 3 aromatic rings. The summed E-state index contributed by atoms with van der Waals surface area (Å²) in [5, 5.41) is 80.7. The number of hydrogen-bond donors (Lipinski definition) is 8. The lowest BCUT2D eigenvalue weighted by Crippen LogP contribution is -2.63. The number of fused-ring (bicyclic) bond motifs is 1. The summed E-state index contributed by atoms with van der Waals surface area (Å²) in [6.45, 7) is -1.12. The minimum atomic E-state index is -1.75. The Balaban J connectivity index is 1.47. The highest BCUT2D eigenvalue weighted by Gasteiger charge is 2.49. The van der Waals surface area contributed by atoms with Crippen molar-refractivity contribution in [2.45, 2.75) is 55.3 Å².